The van der Waals surface area contributed by atoms with E-state index in [9.17, 15) is 9.59 Å². The second-order valence-electron chi connectivity index (χ2n) is 9.18. The van der Waals surface area contributed by atoms with E-state index < -0.39 is 5.97 Å². The van der Waals surface area contributed by atoms with Crippen molar-refractivity contribution >= 4 is 51.5 Å². The Morgan fingerprint density at radius 3 is 2.53 bits per heavy atom. The number of esters is 1. The highest BCUT2D eigenvalue weighted by Gasteiger charge is 2.33. The molecule has 7 heteroatoms. The number of thioether (sulfide) groups is 1. The van der Waals surface area contributed by atoms with Crippen molar-refractivity contribution in [1.82, 2.24) is 9.47 Å². The lowest BCUT2D eigenvalue weighted by atomic mass is 10.1. The van der Waals surface area contributed by atoms with Crippen LogP contribution in [0, 0.1) is 13.8 Å². The highest BCUT2D eigenvalue weighted by molar-refractivity contribution is 8.18. The summed E-state index contributed by atoms with van der Waals surface area (Å²) in [5.74, 6) is -0.497. The van der Waals surface area contributed by atoms with Gasteiger partial charge in [0.2, 0.25) is 0 Å². The maximum Gasteiger partial charge on any atom is 0.337 e. The van der Waals surface area contributed by atoms with Crippen LogP contribution >= 0.6 is 11.8 Å². The largest absolute Gasteiger partial charge is 0.465 e. The lowest BCUT2D eigenvalue weighted by Crippen LogP contribution is -2.28. The van der Waals surface area contributed by atoms with Gasteiger partial charge in [-0.15, -0.1) is 0 Å². The van der Waals surface area contributed by atoms with Gasteiger partial charge in [-0.1, -0.05) is 54.1 Å². The number of likely N-dealkylation sites (N-methyl/N-ethyl adjacent to an activating group) is 1. The number of amidine groups is 1. The zero-order chi connectivity index (χ0) is 26.8. The molecule has 2 heterocycles. The summed E-state index contributed by atoms with van der Waals surface area (Å²) in [4.78, 5) is 32.4. The standard InChI is InChI=1S/C31H29N3O3S/c1-5-33-29(35)28(38-31(33)32-24-10-8-9-23(17-24)30(36)37-4)18-26-21(3)34(27-12-7-6-11-25(26)27)19-22-15-13-20(2)14-16-22/h6-18H,5,19H2,1-4H3. The highest BCUT2D eigenvalue weighted by atomic mass is 32.2. The zero-order valence-electron chi connectivity index (χ0n) is 21.9. The van der Waals surface area contributed by atoms with Crippen LogP contribution in [-0.2, 0) is 16.1 Å². The van der Waals surface area contributed by atoms with Crippen LogP contribution in [0.15, 0.2) is 82.7 Å². The Labute approximate surface area is 226 Å². The molecular formula is C31H29N3O3S. The topological polar surface area (TPSA) is 63.9 Å². The van der Waals surface area contributed by atoms with E-state index >= 15 is 0 Å². The molecule has 0 unspecified atom stereocenters. The van der Waals surface area contributed by atoms with Crippen LogP contribution in [0.3, 0.4) is 0 Å². The third kappa shape index (κ3) is 4.89. The van der Waals surface area contributed by atoms with Gasteiger partial charge in [-0.2, -0.15) is 0 Å². The van der Waals surface area contributed by atoms with Gasteiger partial charge < -0.3 is 9.30 Å². The van der Waals surface area contributed by atoms with E-state index in [1.807, 2.05) is 31.2 Å². The first-order valence-electron chi connectivity index (χ1n) is 12.5. The molecule has 1 aromatic heterocycles. The molecule has 0 aliphatic carbocycles. The summed E-state index contributed by atoms with van der Waals surface area (Å²) >= 11 is 1.36. The van der Waals surface area contributed by atoms with Crippen LogP contribution in [0.1, 0.15) is 39.7 Å². The number of aliphatic imine (C=N–C) groups is 1. The average molecular weight is 524 g/mol. The predicted molar refractivity (Wildman–Crippen MR) is 155 cm³/mol. The fourth-order valence-corrected chi connectivity index (χ4v) is 5.70. The minimum Gasteiger partial charge on any atom is -0.465 e. The number of hydrogen-bond donors (Lipinski definition) is 0. The molecule has 5 rings (SSSR count). The Morgan fingerprint density at radius 1 is 1.03 bits per heavy atom. The van der Waals surface area contributed by atoms with Gasteiger partial charge in [0.25, 0.3) is 5.91 Å². The molecule has 6 nitrogen and oxygen atoms in total. The van der Waals surface area contributed by atoms with E-state index in [4.69, 9.17) is 9.73 Å². The number of ether oxygens (including phenoxy) is 1. The predicted octanol–water partition coefficient (Wildman–Crippen LogP) is 6.72. The number of fused-ring (bicyclic) bond motifs is 1. The van der Waals surface area contributed by atoms with E-state index in [2.05, 4.69) is 54.8 Å². The van der Waals surface area contributed by atoms with Crippen molar-refractivity contribution in [3.05, 3.63) is 106 Å². The van der Waals surface area contributed by atoms with Crippen molar-refractivity contribution in [1.29, 1.82) is 0 Å². The Hall–Kier alpha value is -4.10. The van der Waals surface area contributed by atoms with Crippen molar-refractivity contribution in [2.24, 2.45) is 4.99 Å². The molecule has 0 bridgehead atoms. The second-order valence-corrected chi connectivity index (χ2v) is 10.2. The number of benzene rings is 3. The van der Waals surface area contributed by atoms with Crippen molar-refractivity contribution < 1.29 is 14.3 Å². The molecule has 0 atom stereocenters. The van der Waals surface area contributed by atoms with Gasteiger partial charge in [0, 0.05) is 35.2 Å². The number of rotatable bonds is 6. The van der Waals surface area contributed by atoms with Crippen LogP contribution in [0.4, 0.5) is 5.69 Å². The summed E-state index contributed by atoms with van der Waals surface area (Å²) in [6, 6.07) is 23.8. The number of hydrogen-bond acceptors (Lipinski definition) is 5. The Kier molecular flexibility index (Phi) is 7.20. The number of nitrogens with zero attached hydrogens (tertiary/aromatic N) is 3. The number of methoxy groups -OCH3 is 1. The van der Waals surface area contributed by atoms with Gasteiger partial charge in [0.1, 0.15) is 0 Å². The van der Waals surface area contributed by atoms with E-state index in [1.54, 1.807) is 23.1 Å². The lowest BCUT2D eigenvalue weighted by Gasteiger charge is -2.12. The summed E-state index contributed by atoms with van der Waals surface area (Å²) in [6.45, 7) is 7.37. The third-order valence-electron chi connectivity index (χ3n) is 6.71. The molecule has 3 aromatic carbocycles. The number of carbonyl (C=O) groups excluding carboxylic acids is 2. The molecule has 192 valence electrons. The summed E-state index contributed by atoms with van der Waals surface area (Å²) in [5, 5.41) is 1.70. The summed E-state index contributed by atoms with van der Waals surface area (Å²) in [6.07, 6.45) is 1.99. The SMILES string of the molecule is CCN1C(=O)C(=Cc2c(C)n(Cc3ccc(C)cc3)c3ccccc23)SC1=Nc1cccc(C(=O)OC)c1. The van der Waals surface area contributed by atoms with Crippen molar-refractivity contribution in [2.45, 2.75) is 27.3 Å². The molecule has 1 amide bonds. The van der Waals surface area contributed by atoms with Crippen LogP contribution in [-0.4, -0.2) is 40.2 Å². The molecule has 0 N–H and O–H groups in total. The van der Waals surface area contributed by atoms with Gasteiger partial charge in [-0.3, -0.25) is 9.69 Å². The highest BCUT2D eigenvalue weighted by Crippen LogP contribution is 2.37. The molecule has 0 spiro atoms. The number of aryl methyl sites for hydroxylation is 1. The fraction of sp³-hybridized carbons (Fsp3) is 0.194. The number of amides is 1. The van der Waals surface area contributed by atoms with Crippen LogP contribution in [0.5, 0.6) is 0 Å². The molecule has 38 heavy (non-hydrogen) atoms. The number of aromatic nitrogens is 1. The normalized spacial score (nSPS) is 15.7. The van der Waals surface area contributed by atoms with Gasteiger partial charge in [-0.05, 0) is 68.4 Å². The molecule has 1 aliphatic rings. The fourth-order valence-electron chi connectivity index (χ4n) is 4.65. The van der Waals surface area contributed by atoms with Gasteiger partial charge in [0.15, 0.2) is 5.17 Å². The Balaban J connectivity index is 1.53. The molecule has 1 saturated heterocycles. The van der Waals surface area contributed by atoms with E-state index in [-0.39, 0.29) is 5.91 Å². The maximum absolute atomic E-state index is 13.4. The first kappa shape index (κ1) is 25.5. The van der Waals surface area contributed by atoms with Crippen LogP contribution in [0.2, 0.25) is 0 Å². The number of para-hydroxylation sites is 1. The van der Waals surface area contributed by atoms with Crippen LogP contribution in [0.25, 0.3) is 17.0 Å². The van der Waals surface area contributed by atoms with E-state index in [0.717, 1.165) is 28.7 Å². The molecule has 1 fully saturated rings. The molecular weight excluding hydrogens is 494 g/mol. The molecule has 0 radical (unpaired) electrons. The van der Waals surface area contributed by atoms with Crippen molar-refractivity contribution in [3.63, 3.8) is 0 Å². The first-order valence-corrected chi connectivity index (χ1v) is 13.3. The lowest BCUT2D eigenvalue weighted by molar-refractivity contribution is -0.122. The van der Waals surface area contributed by atoms with E-state index in [0.29, 0.717) is 27.9 Å². The minimum absolute atomic E-state index is 0.0739. The Bertz CT molecular complexity index is 1600. The monoisotopic (exact) mass is 523 g/mol. The first-order chi connectivity index (χ1) is 18.4. The summed E-state index contributed by atoms with van der Waals surface area (Å²) in [7, 11) is 1.35. The summed E-state index contributed by atoms with van der Waals surface area (Å²) in [5.41, 5.74) is 6.74. The smallest absolute Gasteiger partial charge is 0.337 e. The molecule has 0 saturated carbocycles. The average Bonchev–Trinajstić information content (AvgIpc) is 3.37. The maximum atomic E-state index is 13.4. The quantitative estimate of drug-likeness (QED) is 0.208. The van der Waals surface area contributed by atoms with Gasteiger partial charge >= 0.3 is 5.97 Å². The van der Waals surface area contributed by atoms with Gasteiger partial charge in [0.05, 0.1) is 23.3 Å². The van der Waals surface area contributed by atoms with Crippen molar-refractivity contribution in [3.8, 4) is 0 Å². The second kappa shape index (κ2) is 10.7. The third-order valence-corrected chi connectivity index (χ3v) is 7.72. The Morgan fingerprint density at radius 2 is 1.79 bits per heavy atom. The minimum atomic E-state index is -0.423. The van der Waals surface area contributed by atoms with Crippen molar-refractivity contribution in [2.75, 3.05) is 13.7 Å². The molecule has 1 aliphatic heterocycles. The zero-order valence-corrected chi connectivity index (χ0v) is 22.7. The van der Waals surface area contributed by atoms with Gasteiger partial charge in [-0.25, -0.2) is 9.79 Å². The van der Waals surface area contributed by atoms with E-state index in [1.165, 1.54) is 30.0 Å². The summed E-state index contributed by atoms with van der Waals surface area (Å²) < 4.78 is 7.13. The molecule has 4 aromatic rings. The van der Waals surface area contributed by atoms with Crippen LogP contribution < -0.4 is 0 Å². The number of carbonyl (C=O) groups is 2.